The first-order chi connectivity index (χ1) is 14.5. The zero-order valence-corrected chi connectivity index (χ0v) is 17.8. The van der Waals surface area contributed by atoms with E-state index in [2.05, 4.69) is 10.2 Å². The molecule has 2 aliphatic rings. The molecular formula is C23H25F4N3O. The van der Waals surface area contributed by atoms with Gasteiger partial charge in [0.25, 0.3) is 5.92 Å². The summed E-state index contributed by atoms with van der Waals surface area (Å²) in [5, 5.41) is 7.88. The second-order valence-electron chi connectivity index (χ2n) is 9.45. The number of benzene rings is 1. The van der Waals surface area contributed by atoms with E-state index in [1.165, 1.54) is 11.0 Å². The normalized spacial score (nSPS) is 26.9. The number of amides is 1. The highest BCUT2D eigenvalue weighted by Gasteiger charge is 2.58. The van der Waals surface area contributed by atoms with Crippen molar-refractivity contribution in [1.82, 2.24) is 15.1 Å². The molecule has 1 saturated carbocycles. The average molecular weight is 435 g/mol. The topological polar surface area (TPSA) is 46.1 Å². The second kappa shape index (κ2) is 7.28. The Morgan fingerprint density at radius 3 is 2.42 bits per heavy atom. The van der Waals surface area contributed by atoms with Crippen molar-refractivity contribution in [3.63, 3.8) is 0 Å². The van der Waals surface area contributed by atoms with Gasteiger partial charge in [-0.2, -0.15) is 10.2 Å². The van der Waals surface area contributed by atoms with Crippen molar-refractivity contribution < 1.29 is 22.4 Å². The summed E-state index contributed by atoms with van der Waals surface area (Å²) in [5.41, 5.74) is -0.865. The Balaban J connectivity index is 1.66. The molecule has 4 nitrogen and oxygen atoms in total. The van der Waals surface area contributed by atoms with Crippen LogP contribution in [0.15, 0.2) is 30.5 Å². The van der Waals surface area contributed by atoms with E-state index in [0.29, 0.717) is 12.8 Å². The van der Waals surface area contributed by atoms with Crippen molar-refractivity contribution in [3.8, 4) is 11.3 Å². The smallest absolute Gasteiger partial charge is 0.267 e. The standard InChI is InChI=1S/C23H25F4N3O/c1-21(2)15(7-8-22(21,3)20(31)30-10-9-23(26,27)13-30)14-11-18(29-28-12-14)19-16(24)5-4-6-17(19)25/h4-6,11-12,15H,7-10,13H2,1-3H3/t15-,22-/m1/s1. The van der Waals surface area contributed by atoms with E-state index in [1.54, 1.807) is 12.3 Å². The fraction of sp³-hybridized carbons (Fsp3) is 0.522. The predicted octanol–water partition coefficient (Wildman–Crippen LogP) is 5.20. The zero-order valence-electron chi connectivity index (χ0n) is 17.8. The van der Waals surface area contributed by atoms with Crippen LogP contribution in [0.2, 0.25) is 0 Å². The number of alkyl halides is 2. The Bertz CT molecular complexity index is 1010. The lowest BCUT2D eigenvalue weighted by atomic mass is 9.63. The number of carbonyl (C=O) groups excluding carboxylic acids is 1. The van der Waals surface area contributed by atoms with Crippen LogP contribution in [0, 0.1) is 22.5 Å². The van der Waals surface area contributed by atoms with E-state index < -0.39 is 34.9 Å². The van der Waals surface area contributed by atoms with Crippen LogP contribution in [0.4, 0.5) is 17.6 Å². The number of aromatic nitrogens is 2. The highest BCUT2D eigenvalue weighted by atomic mass is 19.3. The summed E-state index contributed by atoms with van der Waals surface area (Å²) in [6.07, 6.45) is 2.39. The van der Waals surface area contributed by atoms with Crippen LogP contribution >= 0.6 is 0 Å². The maximum Gasteiger partial charge on any atom is 0.267 e. The predicted molar refractivity (Wildman–Crippen MR) is 107 cm³/mol. The monoisotopic (exact) mass is 435 g/mol. The highest BCUT2D eigenvalue weighted by Crippen LogP contribution is 2.60. The molecule has 1 amide bonds. The van der Waals surface area contributed by atoms with Crippen LogP contribution in [-0.4, -0.2) is 40.0 Å². The van der Waals surface area contributed by atoms with Crippen molar-refractivity contribution in [2.45, 2.75) is 51.9 Å². The van der Waals surface area contributed by atoms with Crippen LogP contribution in [0.3, 0.4) is 0 Å². The third-order valence-electron chi connectivity index (χ3n) is 7.45. The summed E-state index contributed by atoms with van der Waals surface area (Å²) in [7, 11) is 0. The summed E-state index contributed by atoms with van der Waals surface area (Å²) in [5.74, 6) is -4.71. The van der Waals surface area contributed by atoms with Gasteiger partial charge in [-0.25, -0.2) is 17.6 Å². The average Bonchev–Trinajstić information content (AvgIpc) is 3.18. The molecule has 0 spiro atoms. The molecule has 0 bridgehead atoms. The largest absolute Gasteiger partial charge is 0.336 e. The van der Waals surface area contributed by atoms with Crippen molar-refractivity contribution in [3.05, 3.63) is 47.7 Å². The number of halogens is 4. The van der Waals surface area contributed by atoms with Crippen LogP contribution in [0.25, 0.3) is 11.3 Å². The van der Waals surface area contributed by atoms with E-state index in [-0.39, 0.29) is 36.0 Å². The fourth-order valence-electron chi connectivity index (χ4n) is 5.16. The molecule has 166 valence electrons. The molecule has 1 aromatic heterocycles. The van der Waals surface area contributed by atoms with Gasteiger partial charge in [0.2, 0.25) is 5.91 Å². The van der Waals surface area contributed by atoms with Gasteiger partial charge in [0.1, 0.15) is 11.6 Å². The molecular weight excluding hydrogens is 410 g/mol. The van der Waals surface area contributed by atoms with Gasteiger partial charge in [-0.1, -0.05) is 26.8 Å². The molecule has 2 fully saturated rings. The van der Waals surface area contributed by atoms with E-state index in [9.17, 15) is 22.4 Å². The lowest BCUT2D eigenvalue weighted by Crippen LogP contribution is -2.48. The molecule has 2 aromatic rings. The Labute approximate surface area is 178 Å². The number of carbonyl (C=O) groups is 1. The highest BCUT2D eigenvalue weighted by molar-refractivity contribution is 5.84. The van der Waals surface area contributed by atoms with Crippen molar-refractivity contribution in [1.29, 1.82) is 0 Å². The Kier molecular flexibility index (Phi) is 5.10. The number of hydrogen-bond acceptors (Lipinski definition) is 3. The minimum absolute atomic E-state index is 0.0513. The van der Waals surface area contributed by atoms with Gasteiger partial charge < -0.3 is 4.90 Å². The first-order valence-corrected chi connectivity index (χ1v) is 10.4. The quantitative estimate of drug-likeness (QED) is 0.623. The SMILES string of the molecule is CC1(C)[C@@H](c2cnnc(-c3c(F)cccc3F)c2)CC[C@]1(C)C(=O)N1CCC(F)(F)C1. The lowest BCUT2D eigenvalue weighted by molar-refractivity contribution is -0.147. The summed E-state index contributed by atoms with van der Waals surface area (Å²) in [6.45, 7) is 5.23. The van der Waals surface area contributed by atoms with Gasteiger partial charge >= 0.3 is 0 Å². The Hall–Kier alpha value is -2.51. The minimum atomic E-state index is -2.85. The third kappa shape index (κ3) is 3.49. The van der Waals surface area contributed by atoms with E-state index in [1.807, 2.05) is 20.8 Å². The van der Waals surface area contributed by atoms with Gasteiger partial charge in [0, 0.05) is 13.0 Å². The molecule has 2 atom stereocenters. The number of hydrogen-bond donors (Lipinski definition) is 0. The van der Waals surface area contributed by atoms with Crippen LogP contribution in [-0.2, 0) is 4.79 Å². The number of likely N-dealkylation sites (tertiary alicyclic amines) is 1. The molecule has 8 heteroatoms. The molecule has 0 unspecified atom stereocenters. The summed E-state index contributed by atoms with van der Waals surface area (Å²) < 4.78 is 55.9. The molecule has 1 aromatic carbocycles. The van der Waals surface area contributed by atoms with Gasteiger partial charge in [-0.3, -0.25) is 4.79 Å². The van der Waals surface area contributed by atoms with Gasteiger partial charge in [-0.05, 0) is 47.9 Å². The van der Waals surface area contributed by atoms with E-state index >= 15 is 0 Å². The minimum Gasteiger partial charge on any atom is -0.336 e. The van der Waals surface area contributed by atoms with Crippen LogP contribution in [0.1, 0.15) is 51.5 Å². The Morgan fingerprint density at radius 2 is 1.81 bits per heavy atom. The maximum absolute atomic E-state index is 14.2. The van der Waals surface area contributed by atoms with Crippen molar-refractivity contribution >= 4 is 5.91 Å². The third-order valence-corrected chi connectivity index (χ3v) is 7.45. The molecule has 1 saturated heterocycles. The lowest BCUT2D eigenvalue weighted by Gasteiger charge is -2.42. The molecule has 2 heterocycles. The van der Waals surface area contributed by atoms with Crippen LogP contribution < -0.4 is 0 Å². The number of nitrogens with zero attached hydrogens (tertiary/aromatic N) is 3. The van der Waals surface area contributed by atoms with Crippen LogP contribution in [0.5, 0.6) is 0 Å². The molecule has 0 N–H and O–H groups in total. The van der Waals surface area contributed by atoms with Gasteiger partial charge in [0.15, 0.2) is 0 Å². The molecule has 31 heavy (non-hydrogen) atoms. The molecule has 1 aliphatic heterocycles. The molecule has 1 aliphatic carbocycles. The summed E-state index contributed by atoms with van der Waals surface area (Å²) in [4.78, 5) is 14.6. The molecule has 0 radical (unpaired) electrons. The van der Waals surface area contributed by atoms with Gasteiger partial charge in [0.05, 0.1) is 29.4 Å². The first-order valence-electron chi connectivity index (χ1n) is 10.4. The van der Waals surface area contributed by atoms with E-state index in [0.717, 1.165) is 17.7 Å². The zero-order chi connectivity index (χ0) is 22.6. The van der Waals surface area contributed by atoms with Crippen molar-refractivity contribution in [2.75, 3.05) is 13.1 Å². The number of rotatable bonds is 3. The van der Waals surface area contributed by atoms with Gasteiger partial charge in [-0.15, -0.1) is 0 Å². The molecule has 4 rings (SSSR count). The summed E-state index contributed by atoms with van der Waals surface area (Å²) in [6, 6.07) is 5.22. The van der Waals surface area contributed by atoms with E-state index in [4.69, 9.17) is 0 Å². The first kappa shape index (κ1) is 21.7. The second-order valence-corrected chi connectivity index (χ2v) is 9.45. The summed E-state index contributed by atoms with van der Waals surface area (Å²) >= 11 is 0. The Morgan fingerprint density at radius 1 is 1.13 bits per heavy atom. The maximum atomic E-state index is 14.2. The van der Waals surface area contributed by atoms with Crippen molar-refractivity contribution in [2.24, 2.45) is 10.8 Å². The fourth-order valence-corrected chi connectivity index (χ4v) is 5.16.